The summed E-state index contributed by atoms with van der Waals surface area (Å²) < 4.78 is 0. The Morgan fingerprint density at radius 3 is 0.553 bits per heavy atom. The standard InChI is InChI=1S/C76H40/c1-5-17-43(18-6-1)61-69-51-29-13-25-41-26-14-30-52(59(41)51)70(69)62(44-19-7-2-8-20-44)74-56-38-34-48-50-36-40-58-68-57(39-35-49(66(50)68)47-33-37-55(73(61)74)67(56)65(47)48)75-63(45-21-9-3-10-22-45)71-53-31-15-27-42-28-16-32-54(60(42)53)72(71)64(76(58)75)46-23-11-4-12-24-46/h1-40H. The molecule has 0 spiro atoms. The second kappa shape index (κ2) is 14.0. The molecule has 19 aromatic rings. The van der Waals surface area contributed by atoms with E-state index < -0.39 is 0 Å². The quantitative estimate of drug-likeness (QED) is 0.122. The van der Waals surface area contributed by atoms with E-state index >= 15 is 0 Å². The van der Waals surface area contributed by atoms with Crippen LogP contribution in [0, 0.1) is 0 Å². The second-order valence-electron chi connectivity index (χ2n) is 21.5. The van der Waals surface area contributed by atoms with Crippen LogP contribution in [0.3, 0.4) is 0 Å². The summed E-state index contributed by atoms with van der Waals surface area (Å²) in [6, 6.07) is 92.4. The Bertz CT molecular complexity index is 4950. The van der Waals surface area contributed by atoms with E-state index in [1.807, 2.05) is 0 Å². The van der Waals surface area contributed by atoms with Crippen LogP contribution in [-0.4, -0.2) is 0 Å². The predicted octanol–water partition coefficient (Wildman–Crippen LogP) is 21.7. The average molecular weight is 953 g/mol. The second-order valence-corrected chi connectivity index (χ2v) is 21.5. The molecular formula is C76H40. The van der Waals surface area contributed by atoms with Crippen molar-refractivity contribution in [2.75, 3.05) is 0 Å². The lowest BCUT2D eigenvalue weighted by atomic mass is 9.87. The van der Waals surface area contributed by atoms with Crippen molar-refractivity contribution < 1.29 is 0 Å². The minimum absolute atomic E-state index is 1.25. The zero-order chi connectivity index (χ0) is 49.1. The first-order valence-corrected chi connectivity index (χ1v) is 26.8. The lowest BCUT2D eigenvalue weighted by Crippen LogP contribution is -1.87. The van der Waals surface area contributed by atoms with E-state index in [4.69, 9.17) is 0 Å². The molecule has 76 heavy (non-hydrogen) atoms. The average Bonchev–Trinajstić information content (AvgIpc) is 4.39. The summed E-state index contributed by atoms with van der Waals surface area (Å²) in [6.07, 6.45) is 0. The van der Waals surface area contributed by atoms with Gasteiger partial charge in [0.2, 0.25) is 0 Å². The molecule has 0 fully saturated rings. The Balaban J connectivity index is 1.02. The van der Waals surface area contributed by atoms with Crippen LogP contribution in [0.25, 0.3) is 195 Å². The maximum atomic E-state index is 2.49. The summed E-state index contributed by atoms with van der Waals surface area (Å²) in [7, 11) is 0. The van der Waals surface area contributed by atoms with Crippen LogP contribution in [0.4, 0.5) is 0 Å². The molecule has 19 aromatic carbocycles. The highest BCUT2D eigenvalue weighted by Crippen LogP contribution is 2.60. The third kappa shape index (κ3) is 4.66. The van der Waals surface area contributed by atoms with Gasteiger partial charge in [0.15, 0.2) is 0 Å². The molecule has 0 aromatic heterocycles. The van der Waals surface area contributed by atoms with Crippen LogP contribution in [0.5, 0.6) is 0 Å². The van der Waals surface area contributed by atoms with Gasteiger partial charge < -0.3 is 0 Å². The highest BCUT2D eigenvalue weighted by molar-refractivity contribution is 6.53. The lowest BCUT2D eigenvalue weighted by molar-refractivity contribution is 1.68. The first-order valence-electron chi connectivity index (χ1n) is 26.8. The first-order chi connectivity index (χ1) is 37.8. The van der Waals surface area contributed by atoms with E-state index in [-0.39, 0.29) is 0 Å². The topological polar surface area (TPSA) is 0 Å². The van der Waals surface area contributed by atoms with Crippen LogP contribution >= 0.6 is 0 Å². The summed E-state index contributed by atoms with van der Waals surface area (Å²) >= 11 is 0. The van der Waals surface area contributed by atoms with E-state index in [9.17, 15) is 0 Å². The Kier molecular flexibility index (Phi) is 7.32. The predicted molar refractivity (Wildman–Crippen MR) is 329 cm³/mol. The largest absolute Gasteiger partial charge is 0.0622 e. The minimum Gasteiger partial charge on any atom is -0.0622 e. The van der Waals surface area contributed by atoms with Crippen molar-refractivity contribution in [1.82, 2.24) is 0 Å². The summed E-state index contributed by atoms with van der Waals surface area (Å²) in [6.45, 7) is 0. The number of hydrogen-bond acceptors (Lipinski definition) is 0. The van der Waals surface area contributed by atoms with Gasteiger partial charge in [-0.3, -0.25) is 0 Å². The van der Waals surface area contributed by atoms with Crippen molar-refractivity contribution in [3.8, 4) is 44.5 Å². The molecular weight excluding hydrogens is 913 g/mol. The van der Waals surface area contributed by atoms with Gasteiger partial charge in [-0.1, -0.05) is 243 Å². The highest BCUT2D eigenvalue weighted by atomic mass is 14.3. The monoisotopic (exact) mass is 952 g/mol. The smallest absolute Gasteiger partial charge is 0.000717 e. The van der Waals surface area contributed by atoms with Crippen LogP contribution in [0.2, 0.25) is 0 Å². The van der Waals surface area contributed by atoms with Crippen molar-refractivity contribution >= 4 is 151 Å². The molecule has 0 aliphatic carbocycles. The van der Waals surface area contributed by atoms with Crippen LogP contribution in [0.15, 0.2) is 243 Å². The van der Waals surface area contributed by atoms with Gasteiger partial charge in [0, 0.05) is 0 Å². The molecule has 0 atom stereocenters. The van der Waals surface area contributed by atoms with Crippen LogP contribution in [0.1, 0.15) is 0 Å². The van der Waals surface area contributed by atoms with Gasteiger partial charge in [0.25, 0.3) is 0 Å². The third-order valence-electron chi connectivity index (χ3n) is 18.1. The fourth-order valence-corrected chi connectivity index (χ4v) is 15.5. The molecule has 0 unspecified atom stereocenters. The van der Waals surface area contributed by atoms with Gasteiger partial charge in [-0.05, 0) is 195 Å². The Hall–Kier alpha value is -9.88. The Morgan fingerprint density at radius 1 is 0.118 bits per heavy atom. The van der Waals surface area contributed by atoms with Gasteiger partial charge >= 0.3 is 0 Å². The van der Waals surface area contributed by atoms with E-state index in [1.54, 1.807) is 0 Å². The summed E-state index contributed by atoms with van der Waals surface area (Å²) in [4.78, 5) is 0. The zero-order valence-corrected chi connectivity index (χ0v) is 41.1. The van der Waals surface area contributed by atoms with Crippen molar-refractivity contribution in [3.63, 3.8) is 0 Å². The lowest BCUT2D eigenvalue weighted by Gasteiger charge is -2.15. The minimum atomic E-state index is 1.25. The van der Waals surface area contributed by atoms with Gasteiger partial charge in [-0.15, -0.1) is 0 Å². The fourth-order valence-electron chi connectivity index (χ4n) is 15.5. The molecule has 0 heteroatoms. The van der Waals surface area contributed by atoms with Gasteiger partial charge in [-0.25, -0.2) is 0 Å². The molecule has 0 bridgehead atoms. The molecule has 0 heterocycles. The molecule has 0 radical (unpaired) electrons. The van der Waals surface area contributed by atoms with Gasteiger partial charge in [-0.2, -0.15) is 0 Å². The summed E-state index contributed by atoms with van der Waals surface area (Å²) in [5, 5.41) is 37.3. The Labute approximate surface area is 435 Å². The molecule has 0 nitrogen and oxygen atoms in total. The fraction of sp³-hybridized carbons (Fsp3) is 0. The maximum Gasteiger partial charge on any atom is -0.000717 e. The van der Waals surface area contributed by atoms with Gasteiger partial charge in [0.1, 0.15) is 0 Å². The first kappa shape index (κ1) is 39.6. The number of rotatable bonds is 4. The Morgan fingerprint density at radius 2 is 0.316 bits per heavy atom. The molecule has 19 rings (SSSR count). The SMILES string of the molecule is c1ccc(-c2c3c4cccc5cccc(c3c(-c3ccccc3)c3c6ccc7c8ccc9c%10c(-c%11ccccc%11)c%11c%12cccc%13cccc(c%11c(-c%11ccccc%11)c%10c%10ccc(c%11ccc(c23)c6c%117)c8c%109)c%13%12)c54)cc1. The van der Waals surface area contributed by atoms with Crippen molar-refractivity contribution in [3.05, 3.63) is 243 Å². The third-order valence-corrected chi connectivity index (χ3v) is 18.1. The highest BCUT2D eigenvalue weighted by Gasteiger charge is 2.31. The van der Waals surface area contributed by atoms with E-state index in [0.29, 0.717) is 0 Å². The van der Waals surface area contributed by atoms with Crippen molar-refractivity contribution in [1.29, 1.82) is 0 Å². The van der Waals surface area contributed by atoms with Gasteiger partial charge in [0.05, 0.1) is 0 Å². The van der Waals surface area contributed by atoms with Crippen molar-refractivity contribution in [2.24, 2.45) is 0 Å². The normalized spacial score (nSPS) is 12.7. The molecule has 0 saturated heterocycles. The molecule has 0 aliphatic heterocycles. The number of hydrogen-bond donors (Lipinski definition) is 0. The molecule has 0 aliphatic rings. The van der Waals surface area contributed by atoms with Crippen molar-refractivity contribution in [2.45, 2.75) is 0 Å². The zero-order valence-electron chi connectivity index (χ0n) is 41.1. The molecule has 0 saturated carbocycles. The summed E-state index contributed by atoms with van der Waals surface area (Å²) in [5.41, 5.74) is 10.3. The maximum absolute atomic E-state index is 2.49. The molecule has 344 valence electrons. The molecule has 0 N–H and O–H groups in total. The van der Waals surface area contributed by atoms with E-state index in [0.717, 1.165) is 0 Å². The summed E-state index contributed by atoms with van der Waals surface area (Å²) in [5.74, 6) is 0. The number of fused-ring (bicyclic) bond motifs is 14. The number of benzene rings is 15. The van der Waals surface area contributed by atoms with E-state index in [1.165, 1.54) is 195 Å². The van der Waals surface area contributed by atoms with Crippen LogP contribution in [-0.2, 0) is 0 Å². The van der Waals surface area contributed by atoms with Crippen LogP contribution < -0.4 is 0 Å². The molecule has 0 amide bonds. The van der Waals surface area contributed by atoms with E-state index in [2.05, 4.69) is 243 Å².